The van der Waals surface area contributed by atoms with Gasteiger partial charge < -0.3 is 10.5 Å². The number of nitrogens with zero attached hydrogens (tertiary/aromatic N) is 2. The maximum atomic E-state index is 12.8. The second-order valence-electron chi connectivity index (χ2n) is 6.35. The molecule has 3 amide bonds. The zero-order chi connectivity index (χ0) is 23.6. The Hall–Kier alpha value is -3.87. The van der Waals surface area contributed by atoms with Gasteiger partial charge in [0.05, 0.1) is 15.4 Å². The Morgan fingerprint density at radius 1 is 1.22 bits per heavy atom. The Balaban J connectivity index is 1.87. The van der Waals surface area contributed by atoms with Crippen LogP contribution < -0.4 is 10.5 Å². The molecule has 0 spiro atoms. The number of halogens is 3. The second kappa shape index (κ2) is 8.70. The molecule has 0 bridgehead atoms. The molecule has 0 unspecified atom stereocenters. The normalized spacial score (nSPS) is 15.3. The summed E-state index contributed by atoms with van der Waals surface area (Å²) in [6.45, 7) is -0.567. The molecule has 1 saturated heterocycles. The molecule has 0 atom stereocenters. The summed E-state index contributed by atoms with van der Waals surface area (Å²) in [7, 11) is 0. The van der Waals surface area contributed by atoms with E-state index >= 15 is 0 Å². The number of thioether (sulfide) groups is 1. The van der Waals surface area contributed by atoms with Crippen molar-refractivity contribution in [2.75, 3.05) is 6.54 Å². The average Bonchev–Trinajstić information content (AvgIpc) is 2.94. The van der Waals surface area contributed by atoms with Crippen LogP contribution in [0.5, 0.6) is 11.5 Å². The Bertz CT molecular complexity index is 1170. The first kappa shape index (κ1) is 22.8. The Morgan fingerprint density at radius 3 is 2.56 bits per heavy atom. The maximum absolute atomic E-state index is 12.8. The summed E-state index contributed by atoms with van der Waals surface area (Å²) in [5.74, 6) is -1.95. The molecule has 13 heteroatoms. The van der Waals surface area contributed by atoms with Gasteiger partial charge in [0.15, 0.2) is 0 Å². The van der Waals surface area contributed by atoms with Gasteiger partial charge in [-0.2, -0.15) is 13.2 Å². The first-order chi connectivity index (χ1) is 15.0. The quantitative estimate of drug-likeness (QED) is 0.387. The fourth-order valence-corrected chi connectivity index (χ4v) is 3.50. The van der Waals surface area contributed by atoms with Gasteiger partial charge in [-0.1, -0.05) is 12.1 Å². The molecule has 1 aliphatic heterocycles. The van der Waals surface area contributed by atoms with Crippen LogP contribution in [-0.4, -0.2) is 33.4 Å². The molecular formula is C19H12F3N3O6S. The van der Waals surface area contributed by atoms with Crippen molar-refractivity contribution in [3.8, 4) is 11.5 Å². The Labute approximate surface area is 181 Å². The number of rotatable bonds is 6. The van der Waals surface area contributed by atoms with E-state index in [0.29, 0.717) is 34.4 Å². The Morgan fingerprint density at radius 2 is 1.94 bits per heavy atom. The number of alkyl halides is 3. The van der Waals surface area contributed by atoms with Crippen molar-refractivity contribution in [3.05, 3.63) is 68.6 Å². The molecule has 1 fully saturated rings. The molecule has 32 heavy (non-hydrogen) atoms. The van der Waals surface area contributed by atoms with Gasteiger partial charge in [-0.3, -0.25) is 29.4 Å². The zero-order valence-corrected chi connectivity index (χ0v) is 16.6. The topological polar surface area (TPSA) is 133 Å². The van der Waals surface area contributed by atoms with Crippen LogP contribution in [0.3, 0.4) is 0 Å². The van der Waals surface area contributed by atoms with Crippen LogP contribution in [0, 0.1) is 10.1 Å². The minimum absolute atomic E-state index is 0.00825. The lowest BCUT2D eigenvalue weighted by molar-refractivity contribution is -0.385. The SMILES string of the molecule is NC(=O)CN1C(=O)S/C(=C\c2cccc(Oc3ccc(C(F)(F)F)cc3[N+](=O)[O-])c2)C1=O. The summed E-state index contributed by atoms with van der Waals surface area (Å²) in [4.78, 5) is 46.1. The molecule has 0 saturated carbocycles. The largest absolute Gasteiger partial charge is 0.450 e. The molecule has 0 radical (unpaired) electrons. The van der Waals surface area contributed by atoms with Gasteiger partial charge in [0, 0.05) is 6.07 Å². The highest BCUT2D eigenvalue weighted by Gasteiger charge is 2.36. The lowest BCUT2D eigenvalue weighted by Crippen LogP contribution is -2.36. The summed E-state index contributed by atoms with van der Waals surface area (Å²) < 4.78 is 43.9. The number of nitro benzene ring substituents is 1. The molecule has 166 valence electrons. The van der Waals surface area contributed by atoms with Crippen LogP contribution in [0.15, 0.2) is 47.4 Å². The number of hydrogen-bond acceptors (Lipinski definition) is 7. The molecule has 1 heterocycles. The second-order valence-corrected chi connectivity index (χ2v) is 7.34. The summed E-state index contributed by atoms with van der Waals surface area (Å²) in [5.41, 5.74) is 3.30. The van der Waals surface area contributed by atoms with Gasteiger partial charge in [0.2, 0.25) is 11.7 Å². The lowest BCUT2D eigenvalue weighted by atomic mass is 10.1. The molecule has 9 nitrogen and oxygen atoms in total. The van der Waals surface area contributed by atoms with E-state index in [0.717, 1.165) is 6.07 Å². The summed E-state index contributed by atoms with van der Waals surface area (Å²) in [6, 6.07) is 7.64. The monoisotopic (exact) mass is 467 g/mol. The van der Waals surface area contributed by atoms with Gasteiger partial charge in [0.25, 0.3) is 11.1 Å². The zero-order valence-electron chi connectivity index (χ0n) is 15.8. The third-order valence-electron chi connectivity index (χ3n) is 4.05. The van der Waals surface area contributed by atoms with E-state index in [2.05, 4.69) is 0 Å². The van der Waals surface area contributed by atoms with E-state index < -0.39 is 51.7 Å². The Kier molecular flexibility index (Phi) is 6.20. The summed E-state index contributed by atoms with van der Waals surface area (Å²) in [5, 5.41) is 10.5. The van der Waals surface area contributed by atoms with Crippen molar-refractivity contribution in [1.82, 2.24) is 4.90 Å². The lowest BCUT2D eigenvalue weighted by Gasteiger charge is -2.10. The van der Waals surface area contributed by atoms with Crippen molar-refractivity contribution in [1.29, 1.82) is 0 Å². The minimum atomic E-state index is -4.76. The van der Waals surface area contributed by atoms with E-state index in [9.17, 15) is 37.7 Å². The van der Waals surface area contributed by atoms with E-state index in [4.69, 9.17) is 10.5 Å². The third-order valence-corrected chi connectivity index (χ3v) is 4.96. The number of amides is 3. The van der Waals surface area contributed by atoms with E-state index in [1.165, 1.54) is 30.3 Å². The summed E-state index contributed by atoms with van der Waals surface area (Å²) >= 11 is 0.593. The number of carbonyl (C=O) groups excluding carboxylic acids is 3. The van der Waals surface area contributed by atoms with Crippen molar-refractivity contribution in [2.45, 2.75) is 6.18 Å². The van der Waals surface area contributed by atoms with Gasteiger partial charge in [0.1, 0.15) is 12.3 Å². The molecule has 3 rings (SSSR count). The number of primary amides is 1. The van der Waals surface area contributed by atoms with Gasteiger partial charge >= 0.3 is 11.9 Å². The third kappa shape index (κ3) is 5.06. The van der Waals surface area contributed by atoms with Crippen molar-refractivity contribution >= 4 is 40.6 Å². The van der Waals surface area contributed by atoms with Crippen LogP contribution in [-0.2, 0) is 15.8 Å². The molecule has 0 aliphatic carbocycles. The van der Waals surface area contributed by atoms with Crippen LogP contribution in [0.1, 0.15) is 11.1 Å². The molecule has 2 aromatic carbocycles. The number of nitrogens with two attached hydrogens (primary N) is 1. The molecule has 2 aromatic rings. The number of ether oxygens (including phenoxy) is 1. The predicted molar refractivity (Wildman–Crippen MR) is 106 cm³/mol. The highest BCUT2D eigenvalue weighted by Crippen LogP contribution is 2.38. The van der Waals surface area contributed by atoms with Gasteiger partial charge in [-0.05, 0) is 47.7 Å². The number of imide groups is 1. The fraction of sp³-hybridized carbons (Fsp3) is 0.105. The highest BCUT2D eigenvalue weighted by atomic mass is 32.2. The van der Waals surface area contributed by atoms with Crippen LogP contribution in [0.4, 0.5) is 23.7 Å². The number of benzene rings is 2. The van der Waals surface area contributed by atoms with E-state index in [-0.39, 0.29) is 10.7 Å². The van der Waals surface area contributed by atoms with E-state index in [1.807, 2.05) is 0 Å². The highest BCUT2D eigenvalue weighted by molar-refractivity contribution is 8.18. The molecule has 0 aromatic heterocycles. The maximum Gasteiger partial charge on any atom is 0.416 e. The van der Waals surface area contributed by atoms with Crippen LogP contribution >= 0.6 is 11.8 Å². The van der Waals surface area contributed by atoms with Crippen molar-refractivity contribution in [3.63, 3.8) is 0 Å². The van der Waals surface area contributed by atoms with Crippen LogP contribution in [0.25, 0.3) is 6.08 Å². The smallest absolute Gasteiger partial charge is 0.416 e. The first-order valence-corrected chi connectivity index (χ1v) is 9.44. The van der Waals surface area contributed by atoms with Crippen molar-refractivity contribution in [2.24, 2.45) is 5.73 Å². The predicted octanol–water partition coefficient (Wildman–Crippen LogP) is 3.93. The number of carbonyl (C=O) groups is 3. The van der Waals surface area contributed by atoms with Crippen molar-refractivity contribution < 1.29 is 37.2 Å². The standard InChI is InChI=1S/C19H12F3N3O6S/c20-19(21,22)11-4-5-14(13(8-11)25(29)30)31-12-3-1-2-10(6-12)7-15-17(27)24(9-16(23)26)18(28)32-15/h1-8H,9H2,(H2,23,26)/b15-7-. The average molecular weight is 467 g/mol. The molecule has 1 aliphatic rings. The van der Waals surface area contributed by atoms with Gasteiger partial charge in [-0.15, -0.1) is 0 Å². The van der Waals surface area contributed by atoms with E-state index in [1.54, 1.807) is 0 Å². The summed E-state index contributed by atoms with van der Waals surface area (Å²) in [6.07, 6.45) is -3.43. The molecular weight excluding hydrogens is 455 g/mol. The van der Waals surface area contributed by atoms with Gasteiger partial charge in [-0.25, -0.2) is 0 Å². The fourth-order valence-electron chi connectivity index (χ4n) is 2.66. The molecule has 2 N–H and O–H groups in total. The first-order valence-electron chi connectivity index (χ1n) is 8.63. The number of hydrogen-bond donors (Lipinski definition) is 1. The van der Waals surface area contributed by atoms with Crippen LogP contribution in [0.2, 0.25) is 0 Å². The minimum Gasteiger partial charge on any atom is -0.450 e. The number of nitro groups is 1.